The Bertz CT molecular complexity index is 820. The number of hydrogen-bond acceptors (Lipinski definition) is 3. The van der Waals surface area contributed by atoms with Crippen LogP contribution < -0.4 is 10.6 Å². The Morgan fingerprint density at radius 1 is 1.00 bits per heavy atom. The van der Waals surface area contributed by atoms with E-state index in [4.69, 9.17) is 11.6 Å². The maximum Gasteiger partial charge on any atom is 0.253 e. The molecule has 5 heteroatoms. The molecule has 2 aromatic carbocycles. The summed E-state index contributed by atoms with van der Waals surface area (Å²) in [4.78, 5) is 16.4. The van der Waals surface area contributed by atoms with E-state index in [9.17, 15) is 4.79 Å². The number of pyridine rings is 1. The predicted molar refractivity (Wildman–Crippen MR) is 96.6 cm³/mol. The van der Waals surface area contributed by atoms with Gasteiger partial charge in [0.1, 0.15) is 5.82 Å². The van der Waals surface area contributed by atoms with E-state index in [-0.39, 0.29) is 5.91 Å². The van der Waals surface area contributed by atoms with Gasteiger partial charge < -0.3 is 10.6 Å². The summed E-state index contributed by atoms with van der Waals surface area (Å²) >= 11 is 5.95. The molecule has 0 radical (unpaired) electrons. The molecule has 0 aliphatic rings. The van der Waals surface area contributed by atoms with Crippen LogP contribution in [-0.2, 0) is 6.54 Å². The lowest BCUT2D eigenvalue weighted by Crippen LogP contribution is -2.22. The third kappa shape index (κ3) is 4.33. The predicted octanol–water partition coefficient (Wildman–Crippen LogP) is 4.41. The minimum atomic E-state index is -0.152. The molecular weight excluding hydrogens is 322 g/mol. The third-order valence-electron chi connectivity index (χ3n) is 3.42. The van der Waals surface area contributed by atoms with Crippen LogP contribution in [0.4, 0.5) is 11.5 Å². The molecule has 0 aliphatic heterocycles. The van der Waals surface area contributed by atoms with E-state index in [0.717, 1.165) is 11.3 Å². The van der Waals surface area contributed by atoms with Crippen molar-refractivity contribution in [2.75, 3.05) is 5.32 Å². The van der Waals surface area contributed by atoms with E-state index < -0.39 is 0 Å². The summed E-state index contributed by atoms with van der Waals surface area (Å²) in [6, 6.07) is 20.6. The van der Waals surface area contributed by atoms with Gasteiger partial charge in [-0.3, -0.25) is 4.79 Å². The first-order valence-corrected chi connectivity index (χ1v) is 7.89. The first-order valence-electron chi connectivity index (χ1n) is 7.51. The summed E-state index contributed by atoms with van der Waals surface area (Å²) in [7, 11) is 0. The molecule has 0 fully saturated rings. The van der Waals surface area contributed by atoms with Gasteiger partial charge in [-0.25, -0.2) is 4.98 Å². The van der Waals surface area contributed by atoms with Gasteiger partial charge in [0, 0.05) is 23.5 Å². The largest absolute Gasteiger partial charge is 0.348 e. The van der Waals surface area contributed by atoms with Gasteiger partial charge in [-0.05, 0) is 35.9 Å². The molecule has 3 rings (SSSR count). The molecular formula is C19H16ClN3O. The fourth-order valence-corrected chi connectivity index (χ4v) is 2.39. The molecule has 1 heterocycles. The lowest BCUT2D eigenvalue weighted by molar-refractivity contribution is 0.0950. The molecule has 0 aliphatic carbocycles. The highest BCUT2D eigenvalue weighted by atomic mass is 35.5. The van der Waals surface area contributed by atoms with Crippen molar-refractivity contribution in [2.24, 2.45) is 0 Å². The van der Waals surface area contributed by atoms with Crippen LogP contribution >= 0.6 is 11.6 Å². The minimum absolute atomic E-state index is 0.152. The third-order valence-corrected chi connectivity index (χ3v) is 3.65. The van der Waals surface area contributed by atoms with E-state index in [0.29, 0.717) is 22.9 Å². The zero-order valence-electron chi connectivity index (χ0n) is 12.9. The molecule has 0 unspecified atom stereocenters. The highest BCUT2D eigenvalue weighted by molar-refractivity contribution is 6.30. The van der Waals surface area contributed by atoms with Crippen LogP contribution in [0, 0.1) is 0 Å². The number of carbonyl (C=O) groups is 1. The summed E-state index contributed by atoms with van der Waals surface area (Å²) < 4.78 is 0. The van der Waals surface area contributed by atoms with E-state index in [1.165, 1.54) is 0 Å². The van der Waals surface area contributed by atoms with Crippen LogP contribution in [0.2, 0.25) is 5.02 Å². The quantitative estimate of drug-likeness (QED) is 0.725. The fraction of sp³-hybridized carbons (Fsp3) is 0.0526. The average molecular weight is 338 g/mol. The van der Waals surface area contributed by atoms with Gasteiger partial charge >= 0.3 is 0 Å². The molecule has 0 bridgehead atoms. The molecule has 120 valence electrons. The van der Waals surface area contributed by atoms with Gasteiger partial charge in [0.2, 0.25) is 0 Å². The lowest BCUT2D eigenvalue weighted by atomic mass is 10.2. The van der Waals surface area contributed by atoms with Crippen LogP contribution in [0.25, 0.3) is 0 Å². The van der Waals surface area contributed by atoms with Crippen molar-refractivity contribution in [1.29, 1.82) is 0 Å². The van der Waals surface area contributed by atoms with Gasteiger partial charge in [-0.2, -0.15) is 0 Å². The summed E-state index contributed by atoms with van der Waals surface area (Å²) in [5.41, 5.74) is 2.41. The maximum absolute atomic E-state index is 12.1. The zero-order chi connectivity index (χ0) is 16.8. The molecule has 3 aromatic rings. The highest BCUT2D eigenvalue weighted by Crippen LogP contribution is 2.18. The molecule has 24 heavy (non-hydrogen) atoms. The average Bonchev–Trinajstić information content (AvgIpc) is 2.61. The Morgan fingerprint density at radius 3 is 2.54 bits per heavy atom. The number of benzene rings is 2. The SMILES string of the molecule is O=C(NCc1ccccc1)c1ccc(Nc2cccc(Cl)c2)nc1. The topological polar surface area (TPSA) is 54.0 Å². The second-order valence-electron chi connectivity index (χ2n) is 5.24. The number of nitrogens with zero attached hydrogens (tertiary/aromatic N) is 1. The second kappa shape index (κ2) is 7.62. The van der Waals surface area contributed by atoms with E-state index in [2.05, 4.69) is 15.6 Å². The van der Waals surface area contributed by atoms with E-state index in [1.54, 1.807) is 24.4 Å². The van der Waals surface area contributed by atoms with Crippen LogP contribution in [0.5, 0.6) is 0 Å². The molecule has 4 nitrogen and oxygen atoms in total. The Balaban J connectivity index is 1.60. The Hall–Kier alpha value is -2.85. The maximum atomic E-state index is 12.1. The summed E-state index contributed by atoms with van der Waals surface area (Å²) in [5, 5.41) is 6.67. The molecule has 2 N–H and O–H groups in total. The second-order valence-corrected chi connectivity index (χ2v) is 5.67. The number of halogens is 1. The van der Waals surface area contributed by atoms with Gasteiger partial charge in [-0.15, -0.1) is 0 Å². The molecule has 0 saturated heterocycles. The first-order chi connectivity index (χ1) is 11.7. The van der Waals surface area contributed by atoms with Crippen LogP contribution in [0.1, 0.15) is 15.9 Å². The van der Waals surface area contributed by atoms with Crippen molar-refractivity contribution in [1.82, 2.24) is 10.3 Å². The first kappa shape index (κ1) is 16.0. The van der Waals surface area contributed by atoms with Crippen molar-refractivity contribution in [3.63, 3.8) is 0 Å². The number of aromatic nitrogens is 1. The Kier molecular flexibility index (Phi) is 5.08. The molecule has 0 atom stereocenters. The summed E-state index contributed by atoms with van der Waals surface area (Å²) in [5.74, 6) is 0.498. The highest BCUT2D eigenvalue weighted by Gasteiger charge is 2.06. The lowest BCUT2D eigenvalue weighted by Gasteiger charge is -2.08. The standard InChI is InChI=1S/C19H16ClN3O/c20-16-7-4-8-17(11-16)23-18-10-9-15(13-21-18)19(24)22-12-14-5-2-1-3-6-14/h1-11,13H,12H2,(H,21,23)(H,22,24). The van der Waals surface area contributed by atoms with E-state index >= 15 is 0 Å². The number of carbonyl (C=O) groups excluding carboxylic acids is 1. The Labute approximate surface area is 145 Å². The molecule has 1 aromatic heterocycles. The van der Waals surface area contributed by atoms with Crippen molar-refractivity contribution >= 4 is 29.0 Å². The van der Waals surface area contributed by atoms with Gasteiger partial charge in [0.15, 0.2) is 0 Å². The van der Waals surface area contributed by atoms with Crippen LogP contribution in [0.15, 0.2) is 72.9 Å². The van der Waals surface area contributed by atoms with Crippen molar-refractivity contribution in [3.8, 4) is 0 Å². The number of nitrogens with one attached hydrogen (secondary N) is 2. The number of rotatable bonds is 5. The minimum Gasteiger partial charge on any atom is -0.348 e. The zero-order valence-corrected chi connectivity index (χ0v) is 13.6. The van der Waals surface area contributed by atoms with Crippen molar-refractivity contribution < 1.29 is 4.79 Å². The van der Waals surface area contributed by atoms with Crippen molar-refractivity contribution in [3.05, 3.63) is 89.1 Å². The monoisotopic (exact) mass is 337 g/mol. The normalized spacial score (nSPS) is 10.2. The molecule has 1 amide bonds. The summed E-state index contributed by atoms with van der Waals surface area (Å²) in [6.45, 7) is 0.488. The smallest absolute Gasteiger partial charge is 0.253 e. The van der Waals surface area contributed by atoms with Crippen LogP contribution in [-0.4, -0.2) is 10.9 Å². The Morgan fingerprint density at radius 2 is 1.83 bits per heavy atom. The van der Waals surface area contributed by atoms with Gasteiger partial charge in [-0.1, -0.05) is 48.0 Å². The number of hydrogen-bond donors (Lipinski definition) is 2. The van der Waals surface area contributed by atoms with Crippen molar-refractivity contribution in [2.45, 2.75) is 6.54 Å². The van der Waals surface area contributed by atoms with Gasteiger partial charge in [0.05, 0.1) is 5.56 Å². The fourth-order valence-electron chi connectivity index (χ4n) is 2.20. The number of amides is 1. The summed E-state index contributed by atoms with van der Waals surface area (Å²) in [6.07, 6.45) is 1.55. The van der Waals surface area contributed by atoms with Crippen LogP contribution in [0.3, 0.4) is 0 Å². The van der Waals surface area contributed by atoms with Gasteiger partial charge in [0.25, 0.3) is 5.91 Å². The van der Waals surface area contributed by atoms with E-state index in [1.807, 2.05) is 48.5 Å². The molecule has 0 spiro atoms. The number of anilines is 2. The molecule has 0 saturated carbocycles.